The number of benzene rings is 2. The lowest BCUT2D eigenvalue weighted by Crippen LogP contribution is -2.34. The van der Waals surface area contributed by atoms with E-state index in [-0.39, 0.29) is 12.5 Å². The molecule has 1 heterocycles. The van der Waals surface area contributed by atoms with Crippen LogP contribution in [0.1, 0.15) is 15.2 Å². The number of fused-ring (bicyclic) bond motifs is 1. The van der Waals surface area contributed by atoms with E-state index in [0.717, 1.165) is 21.3 Å². The lowest BCUT2D eigenvalue weighted by atomic mass is 10.2. The third-order valence-corrected chi connectivity index (χ3v) is 5.64. The van der Waals surface area contributed by atoms with Gasteiger partial charge in [0.2, 0.25) is 0 Å². The first-order chi connectivity index (χ1) is 13.5. The molecule has 3 rings (SSSR count). The molecule has 0 unspecified atom stereocenters. The minimum atomic E-state index is -0.424. The molecule has 8 heteroatoms. The number of halogens is 1. The summed E-state index contributed by atoms with van der Waals surface area (Å²) in [5.41, 5.74) is 4.32. The third-order valence-electron chi connectivity index (χ3n) is 3.96. The second kappa shape index (κ2) is 8.86. The molecule has 0 aliphatic rings. The van der Waals surface area contributed by atoms with E-state index in [1.54, 1.807) is 6.21 Å². The normalized spacial score (nSPS) is 11.0. The second-order valence-corrected chi connectivity index (χ2v) is 7.63. The van der Waals surface area contributed by atoms with E-state index >= 15 is 0 Å². The number of anilines is 1. The number of thiophene rings is 1. The molecule has 144 valence electrons. The van der Waals surface area contributed by atoms with E-state index < -0.39 is 5.91 Å². The lowest BCUT2D eigenvalue weighted by molar-refractivity contribution is -0.120. The van der Waals surface area contributed by atoms with Gasteiger partial charge in [0.1, 0.15) is 4.88 Å². The predicted octanol–water partition coefficient (Wildman–Crippen LogP) is 3.50. The Balaban J connectivity index is 1.52. The summed E-state index contributed by atoms with van der Waals surface area (Å²) in [5.74, 6) is -0.809. The van der Waals surface area contributed by atoms with Gasteiger partial charge in [0, 0.05) is 29.9 Å². The van der Waals surface area contributed by atoms with Crippen molar-refractivity contribution in [3.8, 4) is 0 Å². The van der Waals surface area contributed by atoms with Crippen molar-refractivity contribution in [2.75, 3.05) is 25.5 Å². The van der Waals surface area contributed by atoms with Crippen LogP contribution in [0.4, 0.5) is 5.69 Å². The van der Waals surface area contributed by atoms with Crippen LogP contribution in [0.5, 0.6) is 0 Å². The van der Waals surface area contributed by atoms with Crippen molar-refractivity contribution in [1.29, 1.82) is 0 Å². The summed E-state index contributed by atoms with van der Waals surface area (Å²) in [5, 5.41) is 7.70. The Kier molecular flexibility index (Phi) is 6.28. The van der Waals surface area contributed by atoms with Crippen LogP contribution in [0, 0.1) is 0 Å². The molecular formula is C20H19ClN4O2S. The molecule has 0 aliphatic heterocycles. The molecule has 6 nitrogen and oxygen atoms in total. The van der Waals surface area contributed by atoms with Gasteiger partial charge in [-0.2, -0.15) is 5.10 Å². The van der Waals surface area contributed by atoms with Gasteiger partial charge in [-0.05, 0) is 23.8 Å². The molecule has 2 N–H and O–H groups in total. The average Bonchev–Trinajstić information content (AvgIpc) is 3.03. The number of carbonyl (C=O) groups is 2. The van der Waals surface area contributed by atoms with Gasteiger partial charge in [-0.15, -0.1) is 11.3 Å². The molecule has 0 saturated heterocycles. The minimum absolute atomic E-state index is 0.194. The summed E-state index contributed by atoms with van der Waals surface area (Å²) < 4.78 is 0.923. The number of carbonyl (C=O) groups excluding carboxylic acids is 2. The van der Waals surface area contributed by atoms with Gasteiger partial charge in [0.15, 0.2) is 0 Å². The SMILES string of the molecule is CN(C)c1ccc(/C=N\NC(=O)CNC(=O)c2sc3ccccc3c2Cl)cc1. The van der Waals surface area contributed by atoms with Crippen LogP contribution in [-0.2, 0) is 4.79 Å². The maximum Gasteiger partial charge on any atom is 0.263 e. The van der Waals surface area contributed by atoms with Gasteiger partial charge in [-0.3, -0.25) is 9.59 Å². The summed E-state index contributed by atoms with van der Waals surface area (Å²) in [6, 6.07) is 15.2. The molecular weight excluding hydrogens is 396 g/mol. The summed E-state index contributed by atoms with van der Waals surface area (Å²) in [6.07, 6.45) is 1.54. The van der Waals surface area contributed by atoms with E-state index in [4.69, 9.17) is 11.6 Å². The molecule has 0 spiro atoms. The van der Waals surface area contributed by atoms with Crippen LogP contribution < -0.4 is 15.6 Å². The zero-order chi connectivity index (χ0) is 20.1. The first-order valence-electron chi connectivity index (χ1n) is 8.50. The van der Waals surface area contributed by atoms with E-state index in [0.29, 0.717) is 9.90 Å². The second-order valence-electron chi connectivity index (χ2n) is 6.20. The van der Waals surface area contributed by atoms with Crippen LogP contribution in [0.3, 0.4) is 0 Å². The van der Waals surface area contributed by atoms with Crippen molar-refractivity contribution in [2.45, 2.75) is 0 Å². The van der Waals surface area contributed by atoms with Gasteiger partial charge in [-0.25, -0.2) is 5.43 Å². The zero-order valence-electron chi connectivity index (χ0n) is 15.4. The molecule has 0 aliphatic carbocycles. The van der Waals surface area contributed by atoms with Crippen molar-refractivity contribution in [3.05, 3.63) is 64.0 Å². The fourth-order valence-electron chi connectivity index (χ4n) is 2.48. The topological polar surface area (TPSA) is 73.8 Å². The smallest absolute Gasteiger partial charge is 0.263 e. The first kappa shape index (κ1) is 19.9. The van der Waals surface area contributed by atoms with Crippen molar-refractivity contribution in [1.82, 2.24) is 10.7 Å². The molecule has 3 aromatic rings. The van der Waals surface area contributed by atoms with Gasteiger partial charge >= 0.3 is 0 Å². The van der Waals surface area contributed by atoms with Crippen LogP contribution in [0.2, 0.25) is 5.02 Å². The number of rotatable bonds is 6. The Morgan fingerprint density at radius 2 is 1.86 bits per heavy atom. The Morgan fingerprint density at radius 3 is 2.54 bits per heavy atom. The van der Waals surface area contributed by atoms with E-state index in [9.17, 15) is 9.59 Å². The molecule has 0 atom stereocenters. The first-order valence-corrected chi connectivity index (χ1v) is 9.69. The molecule has 0 saturated carbocycles. The molecule has 0 bridgehead atoms. The van der Waals surface area contributed by atoms with E-state index in [1.165, 1.54) is 11.3 Å². The zero-order valence-corrected chi connectivity index (χ0v) is 17.0. The average molecular weight is 415 g/mol. The maximum absolute atomic E-state index is 12.3. The Labute approximate surface area is 171 Å². The number of hydrazone groups is 1. The highest BCUT2D eigenvalue weighted by molar-refractivity contribution is 7.21. The number of nitrogens with zero attached hydrogens (tertiary/aromatic N) is 2. The maximum atomic E-state index is 12.3. The summed E-state index contributed by atoms with van der Waals surface area (Å²) in [4.78, 5) is 26.6. The lowest BCUT2D eigenvalue weighted by Gasteiger charge is -2.11. The minimum Gasteiger partial charge on any atom is -0.378 e. The molecule has 0 radical (unpaired) electrons. The Hall–Kier alpha value is -2.90. The number of hydrogen-bond donors (Lipinski definition) is 2. The summed E-state index contributed by atoms with van der Waals surface area (Å²) in [6.45, 7) is -0.194. The van der Waals surface area contributed by atoms with Gasteiger partial charge in [-0.1, -0.05) is 41.9 Å². The van der Waals surface area contributed by atoms with Crippen LogP contribution in [-0.4, -0.2) is 38.7 Å². The highest BCUT2D eigenvalue weighted by Gasteiger charge is 2.17. The highest BCUT2D eigenvalue weighted by Crippen LogP contribution is 2.34. The van der Waals surface area contributed by atoms with Crippen molar-refractivity contribution in [3.63, 3.8) is 0 Å². The van der Waals surface area contributed by atoms with Crippen LogP contribution in [0.15, 0.2) is 53.6 Å². The quantitative estimate of drug-likeness (QED) is 0.479. The van der Waals surface area contributed by atoms with Crippen LogP contribution in [0.25, 0.3) is 10.1 Å². The molecule has 2 aromatic carbocycles. The number of nitrogens with one attached hydrogen (secondary N) is 2. The van der Waals surface area contributed by atoms with Crippen LogP contribution >= 0.6 is 22.9 Å². The molecule has 2 amide bonds. The van der Waals surface area contributed by atoms with Gasteiger partial charge in [0.05, 0.1) is 17.8 Å². The van der Waals surface area contributed by atoms with Crippen molar-refractivity contribution < 1.29 is 9.59 Å². The number of amides is 2. The standard InChI is InChI=1S/C20H19ClN4O2S/c1-25(2)14-9-7-13(8-10-14)11-23-24-17(26)12-22-20(27)19-18(21)15-5-3-4-6-16(15)28-19/h3-11H,12H2,1-2H3,(H,22,27)(H,24,26)/b23-11-. The Bertz CT molecular complexity index is 1030. The van der Waals surface area contributed by atoms with Gasteiger partial charge < -0.3 is 10.2 Å². The summed E-state index contributed by atoms with van der Waals surface area (Å²) in [7, 11) is 3.92. The predicted molar refractivity (Wildman–Crippen MR) is 116 cm³/mol. The molecule has 28 heavy (non-hydrogen) atoms. The summed E-state index contributed by atoms with van der Waals surface area (Å²) >= 11 is 7.56. The highest BCUT2D eigenvalue weighted by atomic mass is 35.5. The Morgan fingerprint density at radius 1 is 1.14 bits per heavy atom. The largest absolute Gasteiger partial charge is 0.378 e. The monoisotopic (exact) mass is 414 g/mol. The van der Waals surface area contributed by atoms with Gasteiger partial charge in [0.25, 0.3) is 11.8 Å². The molecule has 1 aromatic heterocycles. The van der Waals surface area contributed by atoms with Crippen molar-refractivity contribution in [2.24, 2.45) is 5.10 Å². The van der Waals surface area contributed by atoms with Crippen molar-refractivity contribution >= 4 is 56.7 Å². The third kappa shape index (κ3) is 4.68. The van der Waals surface area contributed by atoms with E-state index in [2.05, 4.69) is 15.8 Å². The molecule has 0 fully saturated rings. The number of hydrogen-bond acceptors (Lipinski definition) is 5. The fraction of sp³-hybridized carbons (Fsp3) is 0.150. The van der Waals surface area contributed by atoms with E-state index in [1.807, 2.05) is 67.5 Å². The fourth-order valence-corrected chi connectivity index (χ4v) is 3.91.